The van der Waals surface area contributed by atoms with Gasteiger partial charge in [0, 0.05) is 31.9 Å². The Morgan fingerprint density at radius 3 is 2.65 bits per heavy atom. The molecule has 1 heterocycles. The minimum Gasteiger partial charge on any atom is -0.385 e. The first-order chi connectivity index (χ1) is 9.31. The lowest BCUT2D eigenvalue weighted by atomic mass is 10.1. The molecule has 0 fully saturated rings. The van der Waals surface area contributed by atoms with Crippen LogP contribution in [0.5, 0.6) is 0 Å². The van der Waals surface area contributed by atoms with Gasteiger partial charge in [-0.2, -0.15) is 0 Å². The molecular weight excluding hydrogens is 256 g/mol. The number of aryl methyl sites for hydroxylation is 1. The summed E-state index contributed by atoms with van der Waals surface area (Å²) in [6, 6.07) is 1.67. The summed E-state index contributed by atoms with van der Waals surface area (Å²) in [5, 5.41) is 6.06. The monoisotopic (exact) mass is 280 g/mol. The Kier molecular flexibility index (Phi) is 5.88. The number of carbonyl (C=O) groups is 1. The molecule has 1 aromatic rings. The van der Waals surface area contributed by atoms with Crippen molar-refractivity contribution in [3.63, 3.8) is 0 Å². The zero-order valence-electron chi connectivity index (χ0n) is 12.9. The van der Waals surface area contributed by atoms with Crippen molar-refractivity contribution in [3.05, 3.63) is 17.6 Å². The maximum Gasteiger partial charge on any atom is 0.270 e. The summed E-state index contributed by atoms with van der Waals surface area (Å²) in [5.74, 6) is 1.04. The van der Waals surface area contributed by atoms with Gasteiger partial charge in [0.2, 0.25) is 0 Å². The van der Waals surface area contributed by atoms with Gasteiger partial charge in [-0.1, -0.05) is 0 Å². The number of rotatable bonds is 6. The van der Waals surface area contributed by atoms with Crippen molar-refractivity contribution in [2.45, 2.75) is 39.7 Å². The van der Waals surface area contributed by atoms with E-state index in [1.807, 2.05) is 20.8 Å². The molecule has 0 saturated heterocycles. The molecule has 0 unspecified atom stereocenters. The van der Waals surface area contributed by atoms with Crippen LogP contribution in [0.15, 0.2) is 6.07 Å². The summed E-state index contributed by atoms with van der Waals surface area (Å²) in [5.41, 5.74) is 0.0869. The zero-order chi connectivity index (χ0) is 15.2. The summed E-state index contributed by atoms with van der Waals surface area (Å²) in [7, 11) is 1.67. The van der Waals surface area contributed by atoms with Gasteiger partial charge in [0.15, 0.2) is 0 Å². The summed E-state index contributed by atoms with van der Waals surface area (Å²) >= 11 is 0. The molecule has 0 bridgehead atoms. The van der Waals surface area contributed by atoms with Crippen LogP contribution >= 0.6 is 0 Å². The molecule has 6 heteroatoms. The Morgan fingerprint density at radius 2 is 2.05 bits per heavy atom. The number of amides is 1. The van der Waals surface area contributed by atoms with E-state index in [-0.39, 0.29) is 11.4 Å². The van der Waals surface area contributed by atoms with E-state index < -0.39 is 0 Å². The number of methoxy groups -OCH3 is 1. The fraction of sp³-hybridized carbons (Fsp3) is 0.643. The predicted octanol–water partition coefficient (Wildman–Crippen LogP) is 1.76. The van der Waals surface area contributed by atoms with Gasteiger partial charge < -0.3 is 15.4 Å². The number of hydrogen-bond donors (Lipinski definition) is 2. The molecule has 2 N–H and O–H groups in total. The number of carbonyl (C=O) groups excluding carboxylic acids is 1. The Labute approximate surface area is 120 Å². The Morgan fingerprint density at radius 1 is 1.35 bits per heavy atom. The molecule has 0 saturated carbocycles. The maximum atomic E-state index is 12.1. The second kappa shape index (κ2) is 7.19. The van der Waals surface area contributed by atoms with Crippen molar-refractivity contribution in [3.8, 4) is 0 Å². The number of hydrogen-bond acceptors (Lipinski definition) is 5. The number of aromatic nitrogens is 2. The fourth-order valence-corrected chi connectivity index (χ4v) is 1.61. The molecule has 0 spiro atoms. The fourth-order valence-electron chi connectivity index (χ4n) is 1.61. The van der Waals surface area contributed by atoms with E-state index in [0.29, 0.717) is 23.9 Å². The lowest BCUT2D eigenvalue weighted by molar-refractivity contribution is 0.0914. The minimum atomic E-state index is -0.290. The third-order valence-electron chi connectivity index (χ3n) is 2.39. The quantitative estimate of drug-likeness (QED) is 0.777. The van der Waals surface area contributed by atoms with E-state index >= 15 is 0 Å². The maximum absolute atomic E-state index is 12.1. The summed E-state index contributed by atoms with van der Waals surface area (Å²) in [6.45, 7) is 9.00. The SMILES string of the molecule is COCCCNc1cc(C(=O)NC(C)(C)C)nc(C)n1. The van der Waals surface area contributed by atoms with Gasteiger partial charge in [-0.15, -0.1) is 0 Å². The highest BCUT2D eigenvalue weighted by Crippen LogP contribution is 2.09. The number of nitrogens with zero attached hydrogens (tertiary/aromatic N) is 2. The molecule has 0 aromatic carbocycles. The number of nitrogens with one attached hydrogen (secondary N) is 2. The van der Waals surface area contributed by atoms with Crippen LogP contribution in [0.3, 0.4) is 0 Å². The lowest BCUT2D eigenvalue weighted by Crippen LogP contribution is -2.41. The summed E-state index contributed by atoms with van der Waals surface area (Å²) in [4.78, 5) is 20.5. The molecule has 20 heavy (non-hydrogen) atoms. The molecule has 112 valence electrons. The Bertz CT molecular complexity index is 455. The Hall–Kier alpha value is -1.69. The van der Waals surface area contributed by atoms with E-state index in [1.54, 1.807) is 20.1 Å². The molecule has 1 aromatic heterocycles. The Balaban J connectivity index is 2.73. The van der Waals surface area contributed by atoms with Gasteiger partial charge in [-0.05, 0) is 34.1 Å². The third-order valence-corrected chi connectivity index (χ3v) is 2.39. The molecule has 0 aliphatic heterocycles. The molecule has 0 atom stereocenters. The second-order valence-corrected chi connectivity index (χ2v) is 5.66. The standard InChI is InChI=1S/C14H24N4O2/c1-10-16-11(13(19)18-14(2,3)4)9-12(17-10)15-7-6-8-20-5/h9H,6-8H2,1-5H3,(H,18,19)(H,15,16,17). The topological polar surface area (TPSA) is 76.1 Å². The van der Waals surface area contributed by atoms with Crippen molar-refractivity contribution >= 4 is 11.7 Å². The van der Waals surface area contributed by atoms with Crippen molar-refractivity contribution in [1.82, 2.24) is 15.3 Å². The van der Waals surface area contributed by atoms with Gasteiger partial charge in [0.05, 0.1) is 0 Å². The molecule has 1 rings (SSSR count). The zero-order valence-corrected chi connectivity index (χ0v) is 12.9. The highest BCUT2D eigenvalue weighted by molar-refractivity contribution is 5.93. The molecule has 0 radical (unpaired) electrons. The highest BCUT2D eigenvalue weighted by Gasteiger charge is 2.17. The third kappa shape index (κ3) is 5.97. The van der Waals surface area contributed by atoms with Crippen LogP contribution in [0, 0.1) is 6.92 Å². The van der Waals surface area contributed by atoms with E-state index in [0.717, 1.165) is 13.0 Å². The first-order valence-electron chi connectivity index (χ1n) is 6.73. The molecule has 1 amide bonds. The van der Waals surface area contributed by atoms with E-state index in [2.05, 4.69) is 20.6 Å². The van der Waals surface area contributed by atoms with Gasteiger partial charge in [-0.25, -0.2) is 9.97 Å². The van der Waals surface area contributed by atoms with Crippen molar-refractivity contribution < 1.29 is 9.53 Å². The van der Waals surface area contributed by atoms with Crippen LogP contribution in [-0.4, -0.2) is 41.7 Å². The van der Waals surface area contributed by atoms with Crippen LogP contribution < -0.4 is 10.6 Å². The van der Waals surface area contributed by atoms with Gasteiger partial charge >= 0.3 is 0 Å². The van der Waals surface area contributed by atoms with Crippen LogP contribution in [-0.2, 0) is 4.74 Å². The summed E-state index contributed by atoms with van der Waals surface area (Å²) in [6.07, 6.45) is 0.878. The van der Waals surface area contributed by atoms with Gasteiger partial charge in [0.25, 0.3) is 5.91 Å². The van der Waals surface area contributed by atoms with Crippen molar-refractivity contribution in [2.75, 3.05) is 25.6 Å². The summed E-state index contributed by atoms with van der Waals surface area (Å²) < 4.78 is 4.98. The molecular formula is C14H24N4O2. The lowest BCUT2D eigenvalue weighted by Gasteiger charge is -2.20. The van der Waals surface area contributed by atoms with Crippen LogP contribution in [0.4, 0.5) is 5.82 Å². The van der Waals surface area contributed by atoms with Crippen LogP contribution in [0.1, 0.15) is 43.5 Å². The average Bonchev–Trinajstić information content (AvgIpc) is 2.32. The van der Waals surface area contributed by atoms with Crippen molar-refractivity contribution in [1.29, 1.82) is 0 Å². The van der Waals surface area contributed by atoms with E-state index in [1.165, 1.54) is 0 Å². The average molecular weight is 280 g/mol. The van der Waals surface area contributed by atoms with Crippen LogP contribution in [0.25, 0.3) is 0 Å². The first-order valence-corrected chi connectivity index (χ1v) is 6.73. The molecule has 6 nitrogen and oxygen atoms in total. The van der Waals surface area contributed by atoms with E-state index in [4.69, 9.17) is 4.74 Å². The molecule has 0 aliphatic rings. The van der Waals surface area contributed by atoms with E-state index in [9.17, 15) is 4.79 Å². The smallest absolute Gasteiger partial charge is 0.270 e. The minimum absolute atomic E-state index is 0.192. The van der Waals surface area contributed by atoms with Crippen molar-refractivity contribution in [2.24, 2.45) is 0 Å². The second-order valence-electron chi connectivity index (χ2n) is 5.66. The van der Waals surface area contributed by atoms with Crippen LogP contribution in [0.2, 0.25) is 0 Å². The largest absolute Gasteiger partial charge is 0.385 e. The molecule has 0 aliphatic carbocycles. The predicted molar refractivity (Wildman–Crippen MR) is 79.0 cm³/mol. The number of anilines is 1. The normalized spacial score (nSPS) is 11.2. The number of ether oxygens (including phenoxy) is 1. The van der Waals surface area contributed by atoms with Gasteiger partial charge in [0.1, 0.15) is 17.3 Å². The highest BCUT2D eigenvalue weighted by atomic mass is 16.5. The first kappa shape index (κ1) is 16.4. The van der Waals surface area contributed by atoms with Gasteiger partial charge in [-0.3, -0.25) is 4.79 Å².